The monoisotopic (exact) mass is 627 g/mol. The van der Waals surface area contributed by atoms with E-state index in [1.54, 1.807) is 25.3 Å². The Hall–Kier alpha value is -3.58. The fraction of sp³-hybridized carbons (Fsp3) is 0.400. The van der Waals surface area contributed by atoms with Gasteiger partial charge in [0, 0.05) is 49.6 Å². The van der Waals surface area contributed by atoms with E-state index in [4.69, 9.17) is 21.1 Å². The average Bonchev–Trinajstić information content (AvgIpc) is 3.35. The normalized spacial score (nSPS) is 16.8. The molecule has 2 atom stereocenters. The molecule has 2 aromatic carbocycles. The standard InChI is InChI=1S/C30H35ClFN5O5Si/c1-17(28(39)36-43-26(5-8-38)20-11-21(32)14-23(12-20)41-2)37-16-19-4-3-18(13-24(19)29(37)40)27-25(31)15-33-30(35-27)34-22-6-9-42-10-7-22/h3-4,11-15,17,22,26,38H,5-10,16,43H2,1-2H3,(H,36,39)(H,33,34,35)/t17-,26-/m1/s1. The molecule has 43 heavy (non-hydrogen) atoms. The second-order valence-corrected chi connectivity index (χ2v) is 12.9. The topological polar surface area (TPSA) is 126 Å². The van der Waals surface area contributed by atoms with Gasteiger partial charge in [0.05, 0.1) is 24.0 Å². The first kappa shape index (κ1) is 30.9. The molecular formula is C30H35ClFN5O5Si. The van der Waals surface area contributed by atoms with Crippen molar-refractivity contribution in [3.8, 4) is 17.0 Å². The third-order valence-corrected chi connectivity index (χ3v) is 10.2. The van der Waals surface area contributed by atoms with Gasteiger partial charge >= 0.3 is 0 Å². The van der Waals surface area contributed by atoms with Crippen LogP contribution in [0, 0.1) is 5.82 Å². The number of fused-ring (bicyclic) bond motifs is 1. The van der Waals surface area contributed by atoms with E-state index in [0.29, 0.717) is 65.3 Å². The minimum Gasteiger partial charge on any atom is -0.497 e. The Morgan fingerprint density at radius 2 is 2.07 bits per heavy atom. The highest BCUT2D eigenvalue weighted by Crippen LogP contribution is 2.32. The number of ether oxygens (including phenoxy) is 2. The zero-order valence-corrected chi connectivity index (χ0v) is 26.3. The molecule has 2 aliphatic heterocycles. The molecule has 0 spiro atoms. The van der Waals surface area contributed by atoms with Crippen LogP contribution in [-0.4, -0.2) is 80.5 Å². The van der Waals surface area contributed by atoms with Crippen molar-refractivity contribution >= 4 is 39.0 Å². The molecular weight excluding hydrogens is 593 g/mol. The fourth-order valence-electron chi connectivity index (χ4n) is 5.44. The van der Waals surface area contributed by atoms with Gasteiger partial charge in [-0.1, -0.05) is 23.7 Å². The lowest BCUT2D eigenvalue weighted by atomic mass is 10.0. The molecule has 10 nitrogen and oxygen atoms in total. The van der Waals surface area contributed by atoms with Gasteiger partial charge in [-0.05, 0) is 61.1 Å². The Morgan fingerprint density at radius 1 is 1.28 bits per heavy atom. The van der Waals surface area contributed by atoms with Crippen LogP contribution in [0.15, 0.2) is 42.6 Å². The van der Waals surface area contributed by atoms with Crippen LogP contribution < -0.4 is 15.0 Å². The number of anilines is 1. The summed E-state index contributed by atoms with van der Waals surface area (Å²) in [4.78, 5) is 40.2. The third-order valence-electron chi connectivity index (χ3n) is 7.96. The number of hydrogen-bond acceptors (Lipinski definition) is 8. The van der Waals surface area contributed by atoms with E-state index in [-0.39, 0.29) is 30.0 Å². The van der Waals surface area contributed by atoms with E-state index in [0.717, 1.165) is 18.4 Å². The number of rotatable bonds is 11. The summed E-state index contributed by atoms with van der Waals surface area (Å²) in [7, 11) is 0.113. The van der Waals surface area contributed by atoms with Gasteiger partial charge in [0.25, 0.3) is 5.91 Å². The second-order valence-electron chi connectivity index (χ2n) is 10.8. The Balaban J connectivity index is 1.26. The summed E-state index contributed by atoms with van der Waals surface area (Å²) < 4.78 is 24.7. The summed E-state index contributed by atoms with van der Waals surface area (Å²) in [6.07, 6.45) is 3.65. The van der Waals surface area contributed by atoms with Crippen molar-refractivity contribution in [2.24, 2.45) is 0 Å². The van der Waals surface area contributed by atoms with Crippen molar-refractivity contribution in [1.82, 2.24) is 19.9 Å². The fourth-order valence-corrected chi connectivity index (χ4v) is 7.24. The highest BCUT2D eigenvalue weighted by Gasteiger charge is 2.34. The molecule has 2 aliphatic rings. The molecule has 1 aromatic heterocycles. The molecule has 0 saturated carbocycles. The highest BCUT2D eigenvalue weighted by atomic mass is 35.5. The van der Waals surface area contributed by atoms with Crippen molar-refractivity contribution in [2.75, 3.05) is 32.2 Å². The number of aliphatic hydroxyl groups is 1. The van der Waals surface area contributed by atoms with Gasteiger partial charge in [0.2, 0.25) is 11.9 Å². The van der Waals surface area contributed by atoms with Crippen LogP contribution in [0.3, 0.4) is 0 Å². The molecule has 0 aliphatic carbocycles. The van der Waals surface area contributed by atoms with Crippen LogP contribution in [0.5, 0.6) is 5.75 Å². The van der Waals surface area contributed by atoms with E-state index < -0.39 is 21.5 Å². The number of aromatic nitrogens is 2. The van der Waals surface area contributed by atoms with Gasteiger partial charge in [-0.15, -0.1) is 0 Å². The molecule has 5 rings (SSSR count). The molecule has 3 N–H and O–H groups in total. The molecule has 0 radical (unpaired) electrons. The number of nitrogens with zero attached hydrogens (tertiary/aromatic N) is 3. The zero-order chi connectivity index (χ0) is 30.5. The van der Waals surface area contributed by atoms with Gasteiger partial charge in [-0.3, -0.25) is 9.59 Å². The summed E-state index contributed by atoms with van der Waals surface area (Å²) in [5, 5.41) is 13.3. The summed E-state index contributed by atoms with van der Waals surface area (Å²) in [6, 6.07) is 9.38. The van der Waals surface area contributed by atoms with E-state index in [2.05, 4.69) is 20.3 Å². The maximum absolute atomic E-state index is 14.1. The van der Waals surface area contributed by atoms with E-state index >= 15 is 0 Å². The Labute approximate surface area is 256 Å². The lowest BCUT2D eigenvalue weighted by Crippen LogP contribution is -2.47. The lowest BCUT2D eigenvalue weighted by molar-refractivity contribution is -0.123. The van der Waals surface area contributed by atoms with Gasteiger partial charge in [0.15, 0.2) is 0 Å². The molecule has 2 amide bonds. The number of carbonyl (C=O) groups is 2. The molecule has 3 aromatic rings. The molecule has 1 saturated heterocycles. The van der Waals surface area contributed by atoms with Gasteiger partial charge in [-0.2, -0.15) is 0 Å². The minimum absolute atomic E-state index is 0.104. The Morgan fingerprint density at radius 3 is 2.81 bits per heavy atom. The average molecular weight is 628 g/mol. The smallest absolute Gasteiger partial charge is 0.255 e. The van der Waals surface area contributed by atoms with Gasteiger partial charge in [0.1, 0.15) is 27.3 Å². The molecule has 228 valence electrons. The maximum Gasteiger partial charge on any atom is 0.255 e. The number of amides is 2. The van der Waals surface area contributed by atoms with Gasteiger partial charge in [-0.25, -0.2) is 14.4 Å². The van der Waals surface area contributed by atoms with Crippen LogP contribution in [-0.2, 0) is 16.1 Å². The van der Waals surface area contributed by atoms with E-state index in [1.165, 1.54) is 24.1 Å². The van der Waals surface area contributed by atoms with Crippen LogP contribution in [0.2, 0.25) is 5.02 Å². The predicted octanol–water partition coefficient (Wildman–Crippen LogP) is 3.20. The number of carbonyl (C=O) groups excluding carboxylic acids is 2. The maximum atomic E-state index is 14.1. The first-order valence-electron chi connectivity index (χ1n) is 14.3. The summed E-state index contributed by atoms with van der Waals surface area (Å²) >= 11 is 6.47. The van der Waals surface area contributed by atoms with Crippen molar-refractivity contribution in [1.29, 1.82) is 0 Å². The number of hydrogen-bond donors (Lipinski definition) is 3. The lowest BCUT2D eigenvalue weighted by Gasteiger charge is -2.25. The third kappa shape index (κ3) is 7.15. The van der Waals surface area contributed by atoms with Gasteiger partial charge < -0.3 is 29.8 Å². The van der Waals surface area contributed by atoms with Crippen molar-refractivity contribution < 1.29 is 28.6 Å². The van der Waals surface area contributed by atoms with E-state index in [1.807, 2.05) is 12.1 Å². The number of methoxy groups -OCH3 is 1. The first-order valence-corrected chi connectivity index (χ1v) is 16.2. The molecule has 13 heteroatoms. The predicted molar refractivity (Wildman–Crippen MR) is 163 cm³/mol. The molecule has 0 unspecified atom stereocenters. The number of benzene rings is 2. The molecule has 3 heterocycles. The quantitative estimate of drug-likeness (QED) is 0.277. The zero-order valence-electron chi connectivity index (χ0n) is 24.1. The summed E-state index contributed by atoms with van der Waals surface area (Å²) in [6.45, 7) is 3.25. The highest BCUT2D eigenvalue weighted by molar-refractivity contribution is 6.39. The summed E-state index contributed by atoms with van der Waals surface area (Å²) in [5.41, 5.74) is 2.95. The largest absolute Gasteiger partial charge is 0.497 e. The number of halogens is 2. The molecule has 0 bridgehead atoms. The first-order chi connectivity index (χ1) is 20.8. The van der Waals surface area contributed by atoms with Crippen molar-refractivity contribution in [3.63, 3.8) is 0 Å². The van der Waals surface area contributed by atoms with Crippen molar-refractivity contribution in [3.05, 3.63) is 70.1 Å². The summed E-state index contributed by atoms with van der Waals surface area (Å²) in [5.74, 6) is -0.150. The Kier molecular flexibility index (Phi) is 9.91. The molecule has 1 fully saturated rings. The van der Waals surface area contributed by atoms with Crippen LogP contribution in [0.1, 0.15) is 53.2 Å². The second kappa shape index (κ2) is 13.8. The number of aliphatic hydroxyl groups excluding tert-OH is 1. The number of nitrogens with one attached hydrogen (secondary N) is 2. The van der Waals surface area contributed by atoms with E-state index in [9.17, 15) is 19.1 Å². The SMILES string of the molecule is COc1cc(F)cc([C@@H](CCO)[SiH2]NC(=O)[C@@H](C)N2Cc3ccc(-c4nc(NC5CCOCC5)ncc4Cl)cc3C2=O)c1. The Bertz CT molecular complexity index is 1490. The van der Waals surface area contributed by atoms with Crippen LogP contribution >= 0.6 is 11.6 Å². The van der Waals surface area contributed by atoms with Crippen molar-refractivity contribution in [2.45, 2.75) is 50.4 Å². The van der Waals surface area contributed by atoms with Crippen LogP contribution in [0.4, 0.5) is 10.3 Å². The minimum atomic E-state index is -1.35. The van der Waals surface area contributed by atoms with Crippen LogP contribution in [0.25, 0.3) is 11.3 Å².